The molecule has 142 valence electrons. The molecule has 3 heterocycles. The van der Waals surface area contributed by atoms with E-state index in [1.807, 2.05) is 10.6 Å². The smallest absolute Gasteiger partial charge is 0.242 e. The minimum absolute atomic E-state index is 0.177. The normalized spacial score (nSPS) is 14.0. The molecule has 1 aromatic carbocycles. The van der Waals surface area contributed by atoms with Crippen molar-refractivity contribution < 1.29 is 0 Å². The van der Waals surface area contributed by atoms with Gasteiger partial charge in [-0.2, -0.15) is 20.1 Å². The molecule has 3 aromatic heterocycles. The van der Waals surface area contributed by atoms with Crippen LogP contribution in [0.5, 0.6) is 0 Å². The van der Waals surface area contributed by atoms with Gasteiger partial charge in [0, 0.05) is 12.0 Å². The van der Waals surface area contributed by atoms with Crippen LogP contribution in [0.4, 0.5) is 17.7 Å². The molecule has 4 aromatic rings. The van der Waals surface area contributed by atoms with Crippen molar-refractivity contribution in [2.24, 2.45) is 0 Å². The van der Waals surface area contributed by atoms with Gasteiger partial charge in [0.15, 0.2) is 0 Å². The summed E-state index contributed by atoms with van der Waals surface area (Å²) >= 11 is 0. The number of hydrogen-bond acceptors (Lipinski definition) is 7. The minimum Gasteiger partial charge on any atom is -0.368 e. The maximum atomic E-state index is 5.88. The lowest BCUT2D eigenvalue weighted by atomic mass is 10.1. The highest BCUT2D eigenvalue weighted by atomic mass is 15.3. The summed E-state index contributed by atoms with van der Waals surface area (Å²) in [5.41, 5.74) is 11.0. The third-order valence-corrected chi connectivity index (χ3v) is 5.06. The van der Waals surface area contributed by atoms with Crippen molar-refractivity contribution in [3.8, 4) is 5.95 Å². The van der Waals surface area contributed by atoms with Gasteiger partial charge in [-0.05, 0) is 56.9 Å². The van der Waals surface area contributed by atoms with E-state index in [0.717, 1.165) is 28.1 Å². The van der Waals surface area contributed by atoms with Crippen molar-refractivity contribution >= 4 is 28.7 Å². The number of fused-ring (bicyclic) bond motifs is 1. The fraction of sp³-hybridized carbons (Fsp3) is 0.316. The maximum Gasteiger partial charge on any atom is 0.242 e. The van der Waals surface area contributed by atoms with E-state index in [2.05, 4.69) is 56.4 Å². The number of benzene rings is 1. The van der Waals surface area contributed by atoms with Gasteiger partial charge in [-0.15, -0.1) is 0 Å². The molecule has 1 fully saturated rings. The van der Waals surface area contributed by atoms with Gasteiger partial charge < -0.3 is 11.1 Å². The highest BCUT2D eigenvalue weighted by Crippen LogP contribution is 2.39. The number of nitrogens with zero attached hydrogens (tertiary/aromatic N) is 6. The van der Waals surface area contributed by atoms with Crippen LogP contribution in [-0.4, -0.2) is 34.7 Å². The Kier molecular flexibility index (Phi) is 3.58. The molecule has 0 spiro atoms. The molecular formula is C19H21N9. The Balaban J connectivity index is 1.67. The van der Waals surface area contributed by atoms with E-state index in [1.165, 1.54) is 18.4 Å². The fourth-order valence-electron chi connectivity index (χ4n) is 3.32. The standard InChI is InChI=1S/C19H21N9/c1-9-6-14-15(7-10(9)2)28(18-22-11(3)21-17(20)25-18)19(23-14)24-16-8-13(26-27-16)12-4-5-12/h6-8,12H,4-5H2,1-3H3,(H2,20,21,22,25)(H2,23,24,26,27). The lowest BCUT2D eigenvalue weighted by molar-refractivity contribution is 0.892. The van der Waals surface area contributed by atoms with Crippen molar-refractivity contribution in [3.05, 3.63) is 40.8 Å². The number of nitrogens with two attached hydrogens (primary N) is 1. The van der Waals surface area contributed by atoms with Gasteiger partial charge in [-0.3, -0.25) is 5.10 Å². The Hall–Kier alpha value is -3.49. The highest BCUT2D eigenvalue weighted by molar-refractivity contribution is 5.83. The summed E-state index contributed by atoms with van der Waals surface area (Å²) in [5, 5.41) is 10.8. The third-order valence-electron chi connectivity index (χ3n) is 5.06. The van der Waals surface area contributed by atoms with Crippen LogP contribution < -0.4 is 11.1 Å². The lowest BCUT2D eigenvalue weighted by Gasteiger charge is -2.09. The van der Waals surface area contributed by atoms with Gasteiger partial charge >= 0.3 is 0 Å². The summed E-state index contributed by atoms with van der Waals surface area (Å²) < 4.78 is 1.87. The predicted molar refractivity (Wildman–Crippen MR) is 107 cm³/mol. The van der Waals surface area contributed by atoms with Gasteiger partial charge in [0.05, 0.1) is 16.7 Å². The molecule has 28 heavy (non-hydrogen) atoms. The van der Waals surface area contributed by atoms with Crippen molar-refractivity contribution in [1.82, 2.24) is 34.7 Å². The lowest BCUT2D eigenvalue weighted by Crippen LogP contribution is -2.10. The Morgan fingerprint density at radius 2 is 1.82 bits per heavy atom. The van der Waals surface area contributed by atoms with E-state index in [0.29, 0.717) is 23.6 Å². The molecular weight excluding hydrogens is 354 g/mol. The first-order valence-corrected chi connectivity index (χ1v) is 9.28. The van der Waals surface area contributed by atoms with Crippen molar-refractivity contribution in [3.63, 3.8) is 0 Å². The summed E-state index contributed by atoms with van der Waals surface area (Å²) in [5.74, 6) is 3.11. The molecule has 0 radical (unpaired) electrons. The first kappa shape index (κ1) is 16.7. The number of hydrogen-bond donors (Lipinski definition) is 3. The number of rotatable bonds is 4. The summed E-state index contributed by atoms with van der Waals surface area (Å²) in [6.07, 6.45) is 2.40. The zero-order valence-electron chi connectivity index (χ0n) is 16.0. The van der Waals surface area contributed by atoms with E-state index in [-0.39, 0.29) is 5.95 Å². The number of nitrogens with one attached hydrogen (secondary N) is 2. The van der Waals surface area contributed by atoms with Gasteiger partial charge in [0.25, 0.3) is 0 Å². The molecule has 0 atom stereocenters. The largest absolute Gasteiger partial charge is 0.368 e. The van der Waals surface area contributed by atoms with Crippen molar-refractivity contribution in [2.45, 2.75) is 39.5 Å². The molecule has 9 nitrogen and oxygen atoms in total. The van der Waals surface area contributed by atoms with Gasteiger partial charge in [0.1, 0.15) is 11.6 Å². The molecule has 0 amide bonds. The van der Waals surface area contributed by atoms with E-state index < -0.39 is 0 Å². The van der Waals surface area contributed by atoms with Gasteiger partial charge in [-0.1, -0.05) is 0 Å². The third kappa shape index (κ3) is 2.84. The topological polar surface area (TPSA) is 123 Å². The number of aryl methyl sites for hydroxylation is 3. The van der Waals surface area contributed by atoms with E-state index in [1.54, 1.807) is 6.92 Å². The van der Waals surface area contributed by atoms with Crippen LogP contribution in [-0.2, 0) is 0 Å². The second-order valence-electron chi connectivity index (χ2n) is 7.34. The van der Waals surface area contributed by atoms with Crippen LogP contribution in [0.15, 0.2) is 18.2 Å². The molecule has 0 aliphatic heterocycles. The minimum atomic E-state index is 0.177. The predicted octanol–water partition coefficient (Wildman–Crippen LogP) is 3.06. The number of anilines is 3. The Morgan fingerprint density at radius 3 is 2.57 bits per heavy atom. The van der Waals surface area contributed by atoms with E-state index in [9.17, 15) is 0 Å². The maximum absolute atomic E-state index is 5.88. The van der Waals surface area contributed by atoms with Crippen LogP contribution in [0.3, 0.4) is 0 Å². The highest BCUT2D eigenvalue weighted by Gasteiger charge is 2.26. The van der Waals surface area contributed by atoms with Crippen LogP contribution >= 0.6 is 0 Å². The molecule has 0 unspecified atom stereocenters. The number of aromatic nitrogens is 7. The second kappa shape index (κ2) is 6.01. The second-order valence-corrected chi connectivity index (χ2v) is 7.34. The average Bonchev–Trinajstić information content (AvgIpc) is 3.28. The molecule has 0 saturated heterocycles. The summed E-state index contributed by atoms with van der Waals surface area (Å²) in [6.45, 7) is 5.94. The molecule has 1 aliphatic carbocycles. The molecule has 1 saturated carbocycles. The molecule has 1 aliphatic rings. The zero-order chi connectivity index (χ0) is 19.4. The summed E-state index contributed by atoms with van der Waals surface area (Å²) in [6, 6.07) is 6.18. The van der Waals surface area contributed by atoms with Crippen molar-refractivity contribution in [1.29, 1.82) is 0 Å². The Morgan fingerprint density at radius 1 is 1.04 bits per heavy atom. The summed E-state index contributed by atoms with van der Waals surface area (Å²) in [7, 11) is 0. The number of nitrogen functional groups attached to an aromatic ring is 1. The average molecular weight is 375 g/mol. The Labute approximate surface area is 161 Å². The van der Waals surface area contributed by atoms with E-state index in [4.69, 9.17) is 10.7 Å². The summed E-state index contributed by atoms with van der Waals surface area (Å²) in [4.78, 5) is 17.7. The number of imidazole rings is 1. The first-order chi connectivity index (χ1) is 13.5. The Bertz CT molecular complexity index is 1180. The van der Waals surface area contributed by atoms with Gasteiger partial charge in [0.2, 0.25) is 17.8 Å². The quantitative estimate of drug-likeness (QED) is 0.501. The fourth-order valence-corrected chi connectivity index (χ4v) is 3.32. The van der Waals surface area contributed by atoms with Crippen LogP contribution in [0.1, 0.15) is 41.4 Å². The van der Waals surface area contributed by atoms with Gasteiger partial charge in [-0.25, -0.2) is 9.55 Å². The van der Waals surface area contributed by atoms with Crippen LogP contribution in [0.2, 0.25) is 0 Å². The first-order valence-electron chi connectivity index (χ1n) is 9.28. The molecule has 4 N–H and O–H groups in total. The number of aromatic amines is 1. The molecule has 0 bridgehead atoms. The zero-order valence-corrected chi connectivity index (χ0v) is 16.0. The SMILES string of the molecule is Cc1nc(N)nc(-n2c(Nc3cc(C4CC4)n[nH]3)nc3cc(C)c(C)cc32)n1. The van der Waals surface area contributed by atoms with Crippen LogP contribution in [0, 0.1) is 20.8 Å². The van der Waals surface area contributed by atoms with E-state index >= 15 is 0 Å². The van der Waals surface area contributed by atoms with Crippen molar-refractivity contribution in [2.75, 3.05) is 11.1 Å². The van der Waals surface area contributed by atoms with Crippen LogP contribution in [0.25, 0.3) is 17.0 Å². The number of H-pyrrole nitrogens is 1. The molecule has 5 rings (SSSR count). The monoisotopic (exact) mass is 375 g/mol. The molecule has 9 heteroatoms.